The fraction of sp³-hybridized carbons (Fsp3) is 0.391. The molecule has 1 heterocycles. The summed E-state index contributed by atoms with van der Waals surface area (Å²) in [6, 6.07) is 12.0. The molecule has 3 atom stereocenters. The summed E-state index contributed by atoms with van der Waals surface area (Å²) in [6.45, 7) is 1.72. The minimum atomic E-state index is -0.414. The zero-order valence-corrected chi connectivity index (χ0v) is 16.6. The molecule has 4 rings (SSSR count). The predicted molar refractivity (Wildman–Crippen MR) is 110 cm³/mol. The van der Waals surface area contributed by atoms with Gasteiger partial charge in [0, 0.05) is 31.2 Å². The molecule has 1 aliphatic carbocycles. The first kappa shape index (κ1) is 20.3. The van der Waals surface area contributed by atoms with Crippen LogP contribution in [0.15, 0.2) is 48.5 Å². The van der Waals surface area contributed by atoms with Crippen LogP contribution < -0.4 is 10.6 Å². The summed E-state index contributed by atoms with van der Waals surface area (Å²) in [5.41, 5.74) is 1.01. The summed E-state index contributed by atoms with van der Waals surface area (Å²) in [7, 11) is 0. The first-order chi connectivity index (χ1) is 14.5. The first-order valence-electron chi connectivity index (χ1n) is 10.3. The van der Waals surface area contributed by atoms with Crippen molar-refractivity contribution in [1.29, 1.82) is 0 Å². The highest BCUT2D eigenvalue weighted by molar-refractivity contribution is 5.89. The molecule has 5 nitrogen and oxygen atoms in total. The highest BCUT2D eigenvalue weighted by Gasteiger charge is 2.47. The molecule has 2 aromatic carbocycles. The van der Waals surface area contributed by atoms with Gasteiger partial charge >= 0.3 is 6.03 Å². The Kier molecular flexibility index (Phi) is 5.97. The molecular formula is C23H25F2N3O2. The lowest BCUT2D eigenvalue weighted by atomic mass is 9.97. The predicted octanol–water partition coefficient (Wildman–Crippen LogP) is 4.13. The Morgan fingerprint density at radius 1 is 1.10 bits per heavy atom. The zero-order chi connectivity index (χ0) is 21.1. The quantitative estimate of drug-likeness (QED) is 0.774. The van der Waals surface area contributed by atoms with Gasteiger partial charge in [0.25, 0.3) is 0 Å². The average Bonchev–Trinajstić information content (AvgIpc) is 3.53. The van der Waals surface area contributed by atoms with Gasteiger partial charge in [-0.05, 0) is 60.9 Å². The summed E-state index contributed by atoms with van der Waals surface area (Å²) in [4.78, 5) is 26.8. The SMILES string of the molecule is O=C(NCC1CCCN(C(=O)C2CC2c2ccccc2F)C1)Nc1cccc(F)c1. The molecule has 1 aliphatic heterocycles. The second-order valence-electron chi connectivity index (χ2n) is 8.11. The van der Waals surface area contributed by atoms with E-state index in [1.54, 1.807) is 24.3 Å². The molecule has 1 saturated heterocycles. The molecule has 0 radical (unpaired) electrons. The Morgan fingerprint density at radius 2 is 1.93 bits per heavy atom. The maximum Gasteiger partial charge on any atom is 0.319 e. The van der Waals surface area contributed by atoms with Gasteiger partial charge in [-0.15, -0.1) is 0 Å². The van der Waals surface area contributed by atoms with Crippen LogP contribution in [0.1, 0.15) is 30.7 Å². The number of rotatable bonds is 5. The second-order valence-corrected chi connectivity index (χ2v) is 8.11. The number of nitrogens with one attached hydrogen (secondary N) is 2. The van der Waals surface area contributed by atoms with E-state index in [0.717, 1.165) is 12.8 Å². The number of halogens is 2. The molecule has 0 bridgehead atoms. The molecule has 158 valence electrons. The number of amides is 3. The van der Waals surface area contributed by atoms with E-state index in [0.29, 0.717) is 37.3 Å². The van der Waals surface area contributed by atoms with Gasteiger partial charge in [0.05, 0.1) is 0 Å². The summed E-state index contributed by atoms with van der Waals surface area (Å²) >= 11 is 0. The van der Waals surface area contributed by atoms with Crippen molar-refractivity contribution < 1.29 is 18.4 Å². The number of hydrogen-bond donors (Lipinski definition) is 2. The Labute approximate surface area is 174 Å². The van der Waals surface area contributed by atoms with E-state index < -0.39 is 11.8 Å². The smallest absolute Gasteiger partial charge is 0.319 e. The van der Waals surface area contributed by atoms with Gasteiger partial charge in [-0.25, -0.2) is 13.6 Å². The fourth-order valence-electron chi connectivity index (χ4n) is 4.23. The van der Waals surface area contributed by atoms with E-state index in [9.17, 15) is 18.4 Å². The van der Waals surface area contributed by atoms with E-state index in [2.05, 4.69) is 10.6 Å². The Hall–Kier alpha value is -2.96. The van der Waals surface area contributed by atoms with Gasteiger partial charge < -0.3 is 15.5 Å². The molecule has 2 aliphatic rings. The summed E-state index contributed by atoms with van der Waals surface area (Å²) in [5.74, 6) is -0.603. The van der Waals surface area contributed by atoms with Gasteiger partial charge in [0.1, 0.15) is 11.6 Å². The van der Waals surface area contributed by atoms with Crippen molar-refractivity contribution in [2.24, 2.45) is 11.8 Å². The largest absolute Gasteiger partial charge is 0.342 e. The molecular weight excluding hydrogens is 388 g/mol. The number of carbonyl (C=O) groups excluding carboxylic acids is 2. The van der Waals surface area contributed by atoms with E-state index >= 15 is 0 Å². The van der Waals surface area contributed by atoms with Crippen molar-refractivity contribution in [3.8, 4) is 0 Å². The van der Waals surface area contributed by atoms with E-state index in [1.807, 2.05) is 4.90 Å². The second kappa shape index (κ2) is 8.81. The Balaban J connectivity index is 1.26. The number of anilines is 1. The minimum absolute atomic E-state index is 0.0331. The highest BCUT2D eigenvalue weighted by atomic mass is 19.1. The maximum atomic E-state index is 14.0. The summed E-state index contributed by atoms with van der Waals surface area (Å²) in [5, 5.41) is 5.41. The van der Waals surface area contributed by atoms with Crippen molar-refractivity contribution in [2.75, 3.05) is 25.0 Å². The molecule has 1 saturated carbocycles. The molecule has 3 unspecified atom stereocenters. The average molecular weight is 413 g/mol. The third-order valence-electron chi connectivity index (χ3n) is 5.88. The third-order valence-corrected chi connectivity index (χ3v) is 5.88. The van der Waals surface area contributed by atoms with E-state index in [1.165, 1.54) is 24.3 Å². The van der Waals surface area contributed by atoms with Crippen molar-refractivity contribution in [1.82, 2.24) is 10.2 Å². The topological polar surface area (TPSA) is 61.4 Å². The van der Waals surface area contributed by atoms with Crippen LogP contribution in [0.5, 0.6) is 0 Å². The van der Waals surface area contributed by atoms with Crippen molar-refractivity contribution >= 4 is 17.6 Å². The minimum Gasteiger partial charge on any atom is -0.342 e. The number of urea groups is 1. The van der Waals surface area contributed by atoms with Crippen LogP contribution in [0.3, 0.4) is 0 Å². The number of likely N-dealkylation sites (tertiary alicyclic amines) is 1. The molecule has 3 amide bonds. The van der Waals surface area contributed by atoms with Gasteiger partial charge in [0.15, 0.2) is 0 Å². The number of nitrogens with zero attached hydrogens (tertiary/aromatic N) is 1. The maximum absolute atomic E-state index is 14.0. The molecule has 2 fully saturated rings. The van der Waals surface area contributed by atoms with Crippen LogP contribution in [0.4, 0.5) is 19.3 Å². The number of piperidine rings is 1. The molecule has 7 heteroatoms. The van der Waals surface area contributed by atoms with E-state index in [4.69, 9.17) is 0 Å². The highest BCUT2D eigenvalue weighted by Crippen LogP contribution is 2.49. The van der Waals surface area contributed by atoms with Gasteiger partial charge in [-0.1, -0.05) is 24.3 Å². The lowest BCUT2D eigenvalue weighted by Gasteiger charge is -2.33. The van der Waals surface area contributed by atoms with Crippen LogP contribution in [0.2, 0.25) is 0 Å². The number of carbonyl (C=O) groups is 2. The Bertz CT molecular complexity index is 936. The molecule has 0 spiro atoms. The molecule has 30 heavy (non-hydrogen) atoms. The lowest BCUT2D eigenvalue weighted by Crippen LogP contribution is -2.45. The Morgan fingerprint density at radius 3 is 2.73 bits per heavy atom. The normalized spacial score (nSPS) is 23.0. The zero-order valence-electron chi connectivity index (χ0n) is 16.6. The monoisotopic (exact) mass is 413 g/mol. The fourth-order valence-corrected chi connectivity index (χ4v) is 4.23. The number of hydrogen-bond acceptors (Lipinski definition) is 2. The van der Waals surface area contributed by atoms with Gasteiger partial charge in [-0.3, -0.25) is 4.79 Å². The number of benzene rings is 2. The summed E-state index contributed by atoms with van der Waals surface area (Å²) in [6.07, 6.45) is 2.49. The van der Waals surface area contributed by atoms with Crippen molar-refractivity contribution in [3.63, 3.8) is 0 Å². The van der Waals surface area contributed by atoms with E-state index in [-0.39, 0.29) is 29.5 Å². The molecule has 0 aromatic heterocycles. The molecule has 2 aromatic rings. The van der Waals surface area contributed by atoms with Crippen LogP contribution >= 0.6 is 0 Å². The van der Waals surface area contributed by atoms with Gasteiger partial charge in [0.2, 0.25) is 5.91 Å². The van der Waals surface area contributed by atoms with Crippen LogP contribution in [0.25, 0.3) is 0 Å². The third kappa shape index (κ3) is 4.78. The van der Waals surface area contributed by atoms with Gasteiger partial charge in [-0.2, -0.15) is 0 Å². The standard InChI is InChI=1S/C23H25F2N3O2/c24-16-6-3-7-17(11-16)27-23(30)26-13-15-5-4-10-28(14-15)22(29)20-12-19(20)18-8-1-2-9-21(18)25/h1-3,6-9,11,15,19-20H,4-5,10,12-14H2,(H2,26,27,30). The van der Waals surface area contributed by atoms with Crippen LogP contribution in [-0.2, 0) is 4.79 Å². The summed E-state index contributed by atoms with van der Waals surface area (Å²) < 4.78 is 27.2. The van der Waals surface area contributed by atoms with Crippen LogP contribution in [-0.4, -0.2) is 36.5 Å². The lowest BCUT2D eigenvalue weighted by molar-refractivity contribution is -0.134. The first-order valence-corrected chi connectivity index (χ1v) is 10.3. The van der Waals surface area contributed by atoms with Crippen molar-refractivity contribution in [3.05, 3.63) is 65.7 Å². The van der Waals surface area contributed by atoms with Crippen LogP contribution in [0, 0.1) is 23.5 Å². The molecule has 2 N–H and O–H groups in total. The van der Waals surface area contributed by atoms with Crippen molar-refractivity contribution in [2.45, 2.75) is 25.2 Å².